The second-order valence-electron chi connectivity index (χ2n) is 6.42. The summed E-state index contributed by atoms with van der Waals surface area (Å²) < 4.78 is 2.20. The van der Waals surface area contributed by atoms with Crippen LogP contribution >= 0.6 is 24.0 Å². The molecule has 0 atom stereocenters. The maximum Gasteiger partial charge on any atom is 0.191 e. The van der Waals surface area contributed by atoms with Crippen molar-refractivity contribution in [2.45, 2.75) is 65.3 Å². The highest BCUT2D eigenvalue weighted by Crippen LogP contribution is 2.19. The van der Waals surface area contributed by atoms with E-state index in [1.807, 2.05) is 19.3 Å². The van der Waals surface area contributed by atoms with E-state index in [1.54, 1.807) is 5.57 Å². The Morgan fingerprint density at radius 3 is 2.84 bits per heavy atom. The molecule has 1 aliphatic rings. The Morgan fingerprint density at radius 1 is 1.28 bits per heavy atom. The smallest absolute Gasteiger partial charge is 0.191 e. The van der Waals surface area contributed by atoms with Crippen LogP contribution in [0.15, 0.2) is 29.0 Å². The highest BCUT2D eigenvalue weighted by Gasteiger charge is 2.04. The van der Waals surface area contributed by atoms with Crippen molar-refractivity contribution in [2.75, 3.05) is 19.6 Å². The van der Waals surface area contributed by atoms with Gasteiger partial charge in [-0.1, -0.05) is 11.6 Å². The lowest BCUT2D eigenvalue weighted by molar-refractivity contribution is 0.600. The van der Waals surface area contributed by atoms with Gasteiger partial charge in [0.2, 0.25) is 0 Å². The summed E-state index contributed by atoms with van der Waals surface area (Å²) in [4.78, 5) is 8.94. The minimum Gasteiger partial charge on any atom is -0.357 e. The van der Waals surface area contributed by atoms with Crippen LogP contribution in [-0.4, -0.2) is 35.1 Å². The van der Waals surface area contributed by atoms with Crippen LogP contribution in [0.3, 0.4) is 0 Å². The molecule has 2 N–H and O–H groups in total. The number of nitrogens with one attached hydrogen (secondary N) is 2. The van der Waals surface area contributed by atoms with E-state index in [9.17, 15) is 0 Å². The maximum atomic E-state index is 4.69. The number of hydrogen-bond acceptors (Lipinski definition) is 2. The van der Waals surface area contributed by atoms with Crippen molar-refractivity contribution in [3.63, 3.8) is 0 Å². The van der Waals surface area contributed by atoms with Crippen LogP contribution < -0.4 is 10.6 Å². The fourth-order valence-electron chi connectivity index (χ4n) is 3.04. The Labute approximate surface area is 169 Å². The fourth-order valence-corrected chi connectivity index (χ4v) is 3.04. The molecule has 25 heavy (non-hydrogen) atoms. The van der Waals surface area contributed by atoms with E-state index in [1.165, 1.54) is 25.7 Å². The van der Waals surface area contributed by atoms with Crippen LogP contribution in [0.2, 0.25) is 0 Å². The number of hydrogen-bond donors (Lipinski definition) is 2. The number of nitrogens with zero attached hydrogens (tertiary/aromatic N) is 3. The molecule has 1 aromatic heterocycles. The van der Waals surface area contributed by atoms with Gasteiger partial charge < -0.3 is 15.2 Å². The molecular weight excluding hydrogens is 425 g/mol. The lowest BCUT2D eigenvalue weighted by Gasteiger charge is -2.15. The molecule has 2 rings (SSSR count). The van der Waals surface area contributed by atoms with Gasteiger partial charge in [0.1, 0.15) is 5.82 Å². The topological polar surface area (TPSA) is 54.2 Å². The predicted molar refractivity (Wildman–Crippen MR) is 117 cm³/mol. The number of aromatic nitrogens is 2. The third-order valence-electron chi connectivity index (χ3n) is 4.47. The van der Waals surface area contributed by atoms with Gasteiger partial charge in [-0.15, -0.1) is 24.0 Å². The highest BCUT2D eigenvalue weighted by atomic mass is 127. The molecule has 0 saturated carbocycles. The number of aryl methyl sites for hydroxylation is 2. The molecule has 6 heteroatoms. The number of unbranched alkanes of at least 4 members (excludes halogenated alkanes) is 1. The van der Waals surface area contributed by atoms with Gasteiger partial charge in [-0.05, 0) is 58.8 Å². The van der Waals surface area contributed by atoms with Crippen LogP contribution in [0, 0.1) is 6.92 Å². The van der Waals surface area contributed by atoms with Crippen LogP contribution in [0.1, 0.15) is 57.7 Å². The Morgan fingerprint density at radius 2 is 2.16 bits per heavy atom. The van der Waals surface area contributed by atoms with Crippen molar-refractivity contribution in [1.29, 1.82) is 0 Å². The van der Waals surface area contributed by atoms with Crippen LogP contribution in [0.4, 0.5) is 0 Å². The molecule has 0 unspecified atom stereocenters. The number of allylic oxidation sites excluding steroid dienone is 1. The molecule has 0 amide bonds. The van der Waals surface area contributed by atoms with Crippen molar-refractivity contribution >= 4 is 29.9 Å². The molecule has 0 aromatic carbocycles. The van der Waals surface area contributed by atoms with Crippen LogP contribution in [0.25, 0.3) is 0 Å². The van der Waals surface area contributed by atoms with E-state index in [0.717, 1.165) is 57.2 Å². The minimum absolute atomic E-state index is 0. The molecule has 0 aliphatic heterocycles. The summed E-state index contributed by atoms with van der Waals surface area (Å²) in [6.07, 6.45) is 15.0. The number of rotatable bonds is 9. The number of guanidine groups is 1. The SMILES string of the molecule is CCNC(=NCCCCn1ccnc1C)NCCC1=CCCCC1.I. The van der Waals surface area contributed by atoms with E-state index >= 15 is 0 Å². The molecule has 1 aliphatic carbocycles. The van der Waals surface area contributed by atoms with Crippen molar-refractivity contribution in [3.8, 4) is 0 Å². The summed E-state index contributed by atoms with van der Waals surface area (Å²) in [5.41, 5.74) is 1.61. The van der Waals surface area contributed by atoms with E-state index in [2.05, 4.69) is 38.2 Å². The van der Waals surface area contributed by atoms with E-state index < -0.39 is 0 Å². The average molecular weight is 459 g/mol. The molecule has 0 radical (unpaired) electrons. The van der Waals surface area contributed by atoms with E-state index in [4.69, 9.17) is 0 Å². The zero-order valence-electron chi connectivity index (χ0n) is 15.8. The van der Waals surface area contributed by atoms with Crippen molar-refractivity contribution in [1.82, 2.24) is 20.2 Å². The third kappa shape index (κ3) is 8.74. The first-order valence-corrected chi connectivity index (χ1v) is 9.47. The van der Waals surface area contributed by atoms with E-state index in [-0.39, 0.29) is 24.0 Å². The summed E-state index contributed by atoms with van der Waals surface area (Å²) in [7, 11) is 0. The van der Waals surface area contributed by atoms with Crippen molar-refractivity contribution in [3.05, 3.63) is 29.9 Å². The number of aliphatic imine (C=N–C) groups is 1. The summed E-state index contributed by atoms with van der Waals surface area (Å²) >= 11 is 0. The van der Waals surface area contributed by atoms with Crippen LogP contribution in [0.5, 0.6) is 0 Å². The maximum absolute atomic E-state index is 4.69. The summed E-state index contributed by atoms with van der Waals surface area (Å²) in [5, 5.41) is 6.80. The average Bonchev–Trinajstić information content (AvgIpc) is 3.00. The van der Waals surface area contributed by atoms with Gasteiger partial charge in [-0.2, -0.15) is 0 Å². The molecule has 0 fully saturated rings. The van der Waals surface area contributed by atoms with Gasteiger partial charge in [-0.25, -0.2) is 4.98 Å². The van der Waals surface area contributed by atoms with Crippen LogP contribution in [-0.2, 0) is 6.54 Å². The van der Waals surface area contributed by atoms with E-state index in [0.29, 0.717) is 0 Å². The number of imidazole rings is 1. The molecule has 5 nitrogen and oxygen atoms in total. The molecule has 142 valence electrons. The second-order valence-corrected chi connectivity index (χ2v) is 6.42. The van der Waals surface area contributed by atoms with Gasteiger partial charge in [0.25, 0.3) is 0 Å². The first kappa shape index (κ1) is 22.0. The van der Waals surface area contributed by atoms with Gasteiger partial charge in [-0.3, -0.25) is 4.99 Å². The van der Waals surface area contributed by atoms with Gasteiger partial charge in [0.15, 0.2) is 5.96 Å². The second kappa shape index (κ2) is 13.2. The lowest BCUT2D eigenvalue weighted by Crippen LogP contribution is -2.38. The van der Waals surface area contributed by atoms with Crippen molar-refractivity contribution in [2.24, 2.45) is 4.99 Å². The summed E-state index contributed by atoms with van der Waals surface area (Å²) in [5.74, 6) is 2.04. The zero-order valence-corrected chi connectivity index (χ0v) is 18.1. The third-order valence-corrected chi connectivity index (χ3v) is 4.47. The first-order valence-electron chi connectivity index (χ1n) is 9.47. The van der Waals surface area contributed by atoms with Crippen molar-refractivity contribution < 1.29 is 0 Å². The Hall–Kier alpha value is -1.05. The molecule has 0 saturated heterocycles. The predicted octanol–water partition coefficient (Wildman–Crippen LogP) is 4.04. The van der Waals surface area contributed by atoms with Gasteiger partial charge in [0, 0.05) is 38.6 Å². The Bertz CT molecular complexity index is 536. The van der Waals surface area contributed by atoms with Gasteiger partial charge >= 0.3 is 0 Å². The molecular formula is C19H34IN5. The number of halogens is 1. The summed E-state index contributed by atoms with van der Waals surface area (Å²) in [6.45, 7) is 7.94. The molecule has 0 bridgehead atoms. The normalized spacial score (nSPS) is 14.6. The largest absolute Gasteiger partial charge is 0.357 e. The van der Waals surface area contributed by atoms with Gasteiger partial charge in [0.05, 0.1) is 0 Å². The fraction of sp³-hybridized carbons (Fsp3) is 0.684. The zero-order chi connectivity index (χ0) is 17.0. The first-order chi connectivity index (χ1) is 11.8. The molecule has 1 heterocycles. The minimum atomic E-state index is 0. The quantitative estimate of drug-likeness (QED) is 0.193. The molecule has 0 spiro atoms. The highest BCUT2D eigenvalue weighted by molar-refractivity contribution is 14.0. The monoisotopic (exact) mass is 459 g/mol. The standard InChI is InChI=1S/C19H33N5.HI/c1-3-20-19(23-13-11-18-9-5-4-6-10-18)22-12-7-8-15-24-16-14-21-17(24)2;/h9,14,16H,3-8,10-13,15H2,1-2H3,(H2,20,22,23);1H. The molecule has 1 aromatic rings. The Balaban J connectivity index is 0.00000312. The Kier molecular flexibility index (Phi) is 11.6. The lowest BCUT2D eigenvalue weighted by atomic mass is 9.97. The summed E-state index contributed by atoms with van der Waals surface area (Å²) in [6, 6.07) is 0.